The molecule has 0 N–H and O–H groups in total. The monoisotopic (exact) mass is 468 g/mol. The SMILES string of the molecule is C[SiH](C)O[Si](CC(Cl)C(Cl)Cl)(CC(Cl)C(Cl)Cl)O[SiH](C)C. The lowest BCUT2D eigenvalue weighted by atomic mass is 10.5. The van der Waals surface area contributed by atoms with Crippen LogP contribution >= 0.6 is 69.6 Å². The van der Waals surface area contributed by atoms with Crippen molar-refractivity contribution in [2.75, 3.05) is 0 Å². The molecule has 0 fully saturated rings. The first-order valence-electron chi connectivity index (χ1n) is 6.69. The first-order chi connectivity index (χ1) is 9.49. The summed E-state index contributed by atoms with van der Waals surface area (Å²) in [6.07, 6.45) is 0. The van der Waals surface area contributed by atoms with E-state index >= 15 is 0 Å². The van der Waals surface area contributed by atoms with Gasteiger partial charge in [-0.3, -0.25) is 0 Å². The van der Waals surface area contributed by atoms with Crippen LogP contribution in [-0.4, -0.2) is 47.1 Å². The maximum atomic E-state index is 6.28. The third kappa shape index (κ3) is 10.0. The van der Waals surface area contributed by atoms with Crippen molar-refractivity contribution >= 4 is 96.2 Å². The third-order valence-electron chi connectivity index (χ3n) is 2.46. The van der Waals surface area contributed by atoms with Crippen LogP contribution in [0.3, 0.4) is 0 Å². The van der Waals surface area contributed by atoms with Crippen LogP contribution in [0, 0.1) is 0 Å². The molecule has 0 amide bonds. The van der Waals surface area contributed by atoms with E-state index in [4.69, 9.17) is 77.8 Å². The van der Waals surface area contributed by atoms with Crippen LogP contribution in [0.4, 0.5) is 0 Å². The first-order valence-corrected chi connectivity index (χ1v) is 17.1. The van der Waals surface area contributed by atoms with Crippen LogP contribution in [0.15, 0.2) is 0 Å². The molecule has 0 heterocycles. The number of halogens is 6. The second-order valence-electron chi connectivity index (χ2n) is 5.35. The lowest BCUT2D eigenvalue weighted by Crippen LogP contribution is -2.52. The highest BCUT2D eigenvalue weighted by molar-refractivity contribution is 6.81. The quantitative estimate of drug-likeness (QED) is 0.320. The van der Waals surface area contributed by atoms with Gasteiger partial charge in [0.15, 0.2) is 18.1 Å². The lowest BCUT2D eigenvalue weighted by Gasteiger charge is -2.37. The molecule has 0 aromatic carbocycles. The molecule has 0 aliphatic carbocycles. The molecule has 0 saturated heterocycles. The average molecular weight is 471 g/mol. The fourth-order valence-corrected chi connectivity index (χ4v) is 15.3. The van der Waals surface area contributed by atoms with E-state index in [0.717, 1.165) is 0 Å². The highest BCUT2D eigenvalue weighted by atomic mass is 35.5. The second kappa shape index (κ2) is 11.0. The van der Waals surface area contributed by atoms with Crippen molar-refractivity contribution in [1.82, 2.24) is 0 Å². The van der Waals surface area contributed by atoms with Gasteiger partial charge >= 0.3 is 8.56 Å². The van der Waals surface area contributed by atoms with E-state index in [-0.39, 0.29) is 0 Å². The third-order valence-corrected chi connectivity index (χ3v) is 14.9. The highest BCUT2D eigenvalue weighted by Gasteiger charge is 2.44. The Morgan fingerprint density at radius 1 is 0.714 bits per heavy atom. The summed E-state index contributed by atoms with van der Waals surface area (Å²) in [5.41, 5.74) is 0. The van der Waals surface area contributed by atoms with Crippen LogP contribution in [0.5, 0.6) is 0 Å². The van der Waals surface area contributed by atoms with Crippen molar-refractivity contribution in [3.05, 3.63) is 0 Å². The molecular formula is C10H22Cl6O2Si3. The molecular weight excluding hydrogens is 449 g/mol. The van der Waals surface area contributed by atoms with Gasteiger partial charge in [-0.1, -0.05) is 0 Å². The lowest BCUT2D eigenvalue weighted by molar-refractivity contribution is 0.388. The Morgan fingerprint density at radius 3 is 1.19 bits per heavy atom. The topological polar surface area (TPSA) is 18.5 Å². The minimum atomic E-state index is -2.65. The second-order valence-corrected chi connectivity index (χ2v) is 17.5. The molecule has 2 atom stereocenters. The fourth-order valence-electron chi connectivity index (χ4n) is 1.94. The largest absolute Gasteiger partial charge is 0.439 e. The van der Waals surface area contributed by atoms with E-state index in [1.165, 1.54) is 0 Å². The van der Waals surface area contributed by atoms with Gasteiger partial charge in [0, 0.05) is 12.1 Å². The summed E-state index contributed by atoms with van der Waals surface area (Å²) in [6, 6.07) is 0.957. The Balaban J connectivity index is 5.29. The molecule has 2 unspecified atom stereocenters. The summed E-state index contributed by atoms with van der Waals surface area (Å²) in [5.74, 6) is 0. The summed E-state index contributed by atoms with van der Waals surface area (Å²) in [7, 11) is -5.38. The van der Waals surface area contributed by atoms with Crippen molar-refractivity contribution in [3.8, 4) is 0 Å². The highest BCUT2D eigenvalue weighted by Crippen LogP contribution is 2.34. The molecule has 21 heavy (non-hydrogen) atoms. The van der Waals surface area contributed by atoms with E-state index in [0.29, 0.717) is 12.1 Å². The van der Waals surface area contributed by atoms with Gasteiger partial charge in [-0.05, 0) is 26.2 Å². The number of alkyl halides is 6. The van der Waals surface area contributed by atoms with E-state index in [1.807, 2.05) is 0 Å². The number of hydrogen-bond acceptors (Lipinski definition) is 2. The Bertz CT molecular complexity index is 268. The average Bonchev–Trinajstić information content (AvgIpc) is 2.25. The van der Waals surface area contributed by atoms with Gasteiger partial charge in [0.05, 0.1) is 10.8 Å². The van der Waals surface area contributed by atoms with Crippen molar-refractivity contribution in [2.24, 2.45) is 0 Å². The van der Waals surface area contributed by atoms with Crippen LogP contribution in [0.25, 0.3) is 0 Å². The van der Waals surface area contributed by atoms with Crippen molar-refractivity contribution < 1.29 is 8.23 Å². The van der Waals surface area contributed by atoms with Gasteiger partial charge in [0.25, 0.3) is 0 Å². The van der Waals surface area contributed by atoms with E-state index in [9.17, 15) is 0 Å². The van der Waals surface area contributed by atoms with Gasteiger partial charge in [-0.2, -0.15) is 0 Å². The standard InChI is InChI=1S/C10H22Cl6O2Si3/c1-19(2)17-21(18-20(3)4,5-7(11)9(13)14)6-8(12)10(15)16/h7-10,19-20H,5-6H2,1-4H3. The van der Waals surface area contributed by atoms with Crippen molar-refractivity contribution in [2.45, 2.75) is 58.7 Å². The van der Waals surface area contributed by atoms with Gasteiger partial charge in [0.1, 0.15) is 9.67 Å². The van der Waals surface area contributed by atoms with Gasteiger partial charge in [0.2, 0.25) is 0 Å². The van der Waals surface area contributed by atoms with Crippen LogP contribution in [-0.2, 0) is 8.23 Å². The zero-order valence-electron chi connectivity index (χ0n) is 12.5. The van der Waals surface area contributed by atoms with Crippen LogP contribution in [0.2, 0.25) is 38.3 Å². The molecule has 0 radical (unpaired) electrons. The molecule has 128 valence electrons. The molecule has 0 saturated carbocycles. The molecule has 0 spiro atoms. The number of hydrogen-bond donors (Lipinski definition) is 0. The fraction of sp³-hybridized carbons (Fsp3) is 1.00. The molecule has 0 aliphatic heterocycles. The molecule has 0 aromatic rings. The zero-order chi connectivity index (χ0) is 16.8. The molecule has 2 nitrogen and oxygen atoms in total. The Hall–Kier alpha value is 2.31. The molecule has 0 aromatic heterocycles. The minimum absolute atomic E-state index is 0.450. The summed E-state index contributed by atoms with van der Waals surface area (Å²) in [6.45, 7) is 8.32. The predicted octanol–water partition coefficient (Wildman–Crippen LogP) is 5.25. The van der Waals surface area contributed by atoms with Gasteiger partial charge in [-0.15, -0.1) is 69.6 Å². The molecule has 0 rings (SSSR count). The first kappa shape index (κ1) is 23.3. The predicted molar refractivity (Wildman–Crippen MR) is 106 cm³/mol. The van der Waals surface area contributed by atoms with E-state index < -0.39 is 47.1 Å². The summed E-state index contributed by atoms with van der Waals surface area (Å²) < 4.78 is 12.6. The van der Waals surface area contributed by atoms with Gasteiger partial charge in [-0.25, -0.2) is 0 Å². The summed E-state index contributed by atoms with van der Waals surface area (Å²) in [4.78, 5) is -1.38. The minimum Gasteiger partial charge on any atom is -0.439 e. The zero-order valence-corrected chi connectivity index (χ0v) is 20.3. The smallest absolute Gasteiger partial charge is 0.320 e. The number of rotatable bonds is 10. The van der Waals surface area contributed by atoms with Crippen LogP contribution < -0.4 is 0 Å². The van der Waals surface area contributed by atoms with Gasteiger partial charge < -0.3 is 8.23 Å². The van der Waals surface area contributed by atoms with Crippen molar-refractivity contribution in [1.29, 1.82) is 0 Å². The Morgan fingerprint density at radius 2 is 1.00 bits per heavy atom. The summed E-state index contributed by atoms with van der Waals surface area (Å²) >= 11 is 36.1. The van der Waals surface area contributed by atoms with Crippen LogP contribution in [0.1, 0.15) is 0 Å². The summed E-state index contributed by atoms with van der Waals surface area (Å²) in [5, 5.41) is -0.901. The Kier molecular flexibility index (Phi) is 12.2. The molecule has 0 bridgehead atoms. The maximum Gasteiger partial charge on any atom is 0.320 e. The Labute approximate surface area is 162 Å². The van der Waals surface area contributed by atoms with Crippen molar-refractivity contribution in [3.63, 3.8) is 0 Å². The normalized spacial score (nSPS) is 16.3. The molecule has 0 aliphatic rings. The maximum absolute atomic E-state index is 6.28. The molecule has 11 heteroatoms. The van der Waals surface area contributed by atoms with E-state index in [2.05, 4.69) is 26.2 Å². The van der Waals surface area contributed by atoms with E-state index in [1.54, 1.807) is 0 Å².